The van der Waals surface area contributed by atoms with Gasteiger partial charge < -0.3 is 0 Å². The molecule has 0 saturated heterocycles. The van der Waals surface area contributed by atoms with E-state index in [4.69, 9.17) is 0 Å². The second-order valence-corrected chi connectivity index (χ2v) is 8.91. The molecule has 2 nitrogen and oxygen atoms in total. The molecule has 31 heavy (non-hydrogen) atoms. The third kappa shape index (κ3) is 7.31. The zero-order valence-electron chi connectivity index (χ0n) is 19.6. The summed E-state index contributed by atoms with van der Waals surface area (Å²) in [5.41, 5.74) is 6.25. The summed E-state index contributed by atoms with van der Waals surface area (Å²) in [6.45, 7) is 6.86. The number of nitrogens with zero attached hydrogens (tertiary/aromatic N) is 2. The lowest BCUT2D eigenvalue weighted by molar-refractivity contribution is 0.484. The van der Waals surface area contributed by atoms with Crippen LogP contribution in [-0.2, 0) is 12.8 Å². The van der Waals surface area contributed by atoms with Crippen LogP contribution in [0.15, 0.2) is 60.9 Å². The van der Waals surface area contributed by atoms with Gasteiger partial charge in [-0.2, -0.15) is 0 Å². The van der Waals surface area contributed by atoms with Crippen molar-refractivity contribution in [2.24, 2.45) is 5.92 Å². The fourth-order valence-corrected chi connectivity index (χ4v) is 3.91. The van der Waals surface area contributed by atoms with Crippen LogP contribution < -0.4 is 0 Å². The maximum Gasteiger partial charge on any atom is 0.159 e. The first kappa shape index (κ1) is 23.2. The number of hydrogen-bond donors (Lipinski definition) is 0. The third-order valence-electron chi connectivity index (χ3n) is 6.31. The molecule has 0 aliphatic carbocycles. The molecule has 0 aliphatic rings. The molecule has 0 saturated carbocycles. The zero-order chi connectivity index (χ0) is 21.9. The van der Waals surface area contributed by atoms with Crippen LogP contribution in [0.4, 0.5) is 0 Å². The Morgan fingerprint density at radius 3 is 1.81 bits per heavy atom. The number of hydrogen-bond acceptors (Lipinski definition) is 2. The SMILES string of the molecule is CCCCCc1ccc(-c2ccc(-c3ncc(CCCC[C@H](C)CC)cn3)cc2)cc1. The Hall–Kier alpha value is -2.48. The zero-order valence-corrected chi connectivity index (χ0v) is 19.6. The minimum absolute atomic E-state index is 0.807. The Balaban J connectivity index is 1.55. The highest BCUT2D eigenvalue weighted by Crippen LogP contribution is 2.24. The fraction of sp³-hybridized carbons (Fsp3) is 0.448. The van der Waals surface area contributed by atoms with Crippen LogP contribution in [-0.4, -0.2) is 9.97 Å². The lowest BCUT2D eigenvalue weighted by Crippen LogP contribution is -1.95. The van der Waals surface area contributed by atoms with Gasteiger partial charge in [0.15, 0.2) is 5.82 Å². The van der Waals surface area contributed by atoms with E-state index in [1.54, 1.807) is 0 Å². The van der Waals surface area contributed by atoms with Crippen molar-refractivity contribution in [2.75, 3.05) is 0 Å². The van der Waals surface area contributed by atoms with Crippen LogP contribution in [0.1, 0.15) is 76.8 Å². The average Bonchev–Trinajstić information content (AvgIpc) is 2.83. The molecule has 0 amide bonds. The summed E-state index contributed by atoms with van der Waals surface area (Å²) in [6, 6.07) is 17.6. The van der Waals surface area contributed by atoms with Gasteiger partial charge in [-0.1, -0.05) is 101 Å². The molecule has 164 valence electrons. The number of aryl methyl sites for hydroxylation is 2. The minimum atomic E-state index is 0.807. The van der Waals surface area contributed by atoms with Crippen LogP contribution >= 0.6 is 0 Å². The van der Waals surface area contributed by atoms with Crippen molar-refractivity contribution in [2.45, 2.75) is 78.6 Å². The quantitative estimate of drug-likeness (QED) is 0.278. The Morgan fingerprint density at radius 1 is 0.645 bits per heavy atom. The molecule has 3 rings (SSSR count). The molecule has 3 aromatic rings. The van der Waals surface area contributed by atoms with E-state index in [0.717, 1.165) is 23.7 Å². The molecule has 1 heterocycles. The summed E-state index contributed by atoms with van der Waals surface area (Å²) in [6.07, 6.45) is 15.2. The Kier molecular flexibility index (Phi) is 9.27. The summed E-state index contributed by atoms with van der Waals surface area (Å²) in [7, 11) is 0. The maximum atomic E-state index is 4.62. The van der Waals surface area contributed by atoms with Gasteiger partial charge in [-0.05, 0) is 53.9 Å². The van der Waals surface area contributed by atoms with Gasteiger partial charge in [0.05, 0.1) is 0 Å². The Labute approximate surface area is 189 Å². The maximum absolute atomic E-state index is 4.62. The van der Waals surface area contributed by atoms with Crippen LogP contribution in [0.2, 0.25) is 0 Å². The summed E-state index contributed by atoms with van der Waals surface area (Å²) >= 11 is 0. The fourth-order valence-electron chi connectivity index (χ4n) is 3.91. The first-order valence-electron chi connectivity index (χ1n) is 12.2. The summed E-state index contributed by atoms with van der Waals surface area (Å²) < 4.78 is 0. The molecule has 1 aromatic heterocycles. The summed E-state index contributed by atoms with van der Waals surface area (Å²) in [4.78, 5) is 9.23. The number of rotatable bonds is 12. The van der Waals surface area contributed by atoms with E-state index in [-0.39, 0.29) is 0 Å². The predicted molar refractivity (Wildman–Crippen MR) is 133 cm³/mol. The monoisotopic (exact) mass is 414 g/mol. The predicted octanol–water partition coefficient (Wildman–Crippen LogP) is 8.30. The largest absolute Gasteiger partial charge is 0.236 e. The van der Waals surface area contributed by atoms with E-state index in [1.807, 2.05) is 12.4 Å². The van der Waals surface area contributed by atoms with E-state index in [2.05, 4.69) is 79.3 Å². The van der Waals surface area contributed by atoms with Gasteiger partial charge >= 0.3 is 0 Å². The van der Waals surface area contributed by atoms with Gasteiger partial charge in [-0.3, -0.25) is 0 Å². The summed E-state index contributed by atoms with van der Waals surface area (Å²) in [5, 5.41) is 0. The molecular formula is C29H38N2. The van der Waals surface area contributed by atoms with Crippen LogP contribution in [0.5, 0.6) is 0 Å². The average molecular weight is 415 g/mol. The van der Waals surface area contributed by atoms with Crippen molar-refractivity contribution in [1.82, 2.24) is 9.97 Å². The molecule has 0 aliphatic heterocycles. The molecule has 0 bridgehead atoms. The third-order valence-corrected chi connectivity index (χ3v) is 6.31. The second kappa shape index (κ2) is 12.4. The topological polar surface area (TPSA) is 25.8 Å². The molecule has 0 radical (unpaired) electrons. The normalized spacial score (nSPS) is 12.1. The van der Waals surface area contributed by atoms with Gasteiger partial charge in [0.1, 0.15) is 0 Å². The van der Waals surface area contributed by atoms with Crippen molar-refractivity contribution >= 4 is 0 Å². The van der Waals surface area contributed by atoms with E-state index in [1.165, 1.54) is 73.6 Å². The molecule has 0 spiro atoms. The molecule has 2 heteroatoms. The molecule has 1 atom stereocenters. The van der Waals surface area contributed by atoms with E-state index < -0.39 is 0 Å². The van der Waals surface area contributed by atoms with Gasteiger partial charge in [0.2, 0.25) is 0 Å². The van der Waals surface area contributed by atoms with Gasteiger partial charge in [0.25, 0.3) is 0 Å². The van der Waals surface area contributed by atoms with Crippen molar-refractivity contribution in [3.63, 3.8) is 0 Å². The van der Waals surface area contributed by atoms with Crippen molar-refractivity contribution in [3.8, 4) is 22.5 Å². The second-order valence-electron chi connectivity index (χ2n) is 8.91. The Morgan fingerprint density at radius 2 is 1.19 bits per heavy atom. The lowest BCUT2D eigenvalue weighted by atomic mass is 10.00. The van der Waals surface area contributed by atoms with Crippen molar-refractivity contribution in [1.29, 1.82) is 0 Å². The first-order valence-corrected chi connectivity index (χ1v) is 12.2. The van der Waals surface area contributed by atoms with Gasteiger partial charge in [-0.15, -0.1) is 0 Å². The molecule has 0 unspecified atom stereocenters. The van der Waals surface area contributed by atoms with E-state index in [0.29, 0.717) is 0 Å². The molecule has 0 N–H and O–H groups in total. The van der Waals surface area contributed by atoms with Gasteiger partial charge in [-0.25, -0.2) is 9.97 Å². The van der Waals surface area contributed by atoms with Crippen LogP contribution in [0, 0.1) is 5.92 Å². The minimum Gasteiger partial charge on any atom is -0.236 e. The highest BCUT2D eigenvalue weighted by Gasteiger charge is 2.05. The number of aromatic nitrogens is 2. The van der Waals surface area contributed by atoms with E-state index in [9.17, 15) is 0 Å². The molecule has 0 fully saturated rings. The van der Waals surface area contributed by atoms with Crippen LogP contribution in [0.25, 0.3) is 22.5 Å². The van der Waals surface area contributed by atoms with Crippen molar-refractivity contribution in [3.05, 3.63) is 72.1 Å². The molecular weight excluding hydrogens is 376 g/mol. The standard InChI is InChI=1S/C29H38N2/c1-4-6-7-11-24-13-15-26(16-14-24)27-17-19-28(20-18-27)29-30-21-25(22-31-29)12-9-8-10-23(3)5-2/h13-23H,4-12H2,1-3H3/t23-/m1/s1. The van der Waals surface area contributed by atoms with Gasteiger partial charge in [0, 0.05) is 18.0 Å². The lowest BCUT2D eigenvalue weighted by Gasteiger charge is -2.08. The van der Waals surface area contributed by atoms with E-state index >= 15 is 0 Å². The molecule has 2 aromatic carbocycles. The number of unbranched alkanes of at least 4 members (excludes halogenated alkanes) is 3. The highest BCUT2D eigenvalue weighted by molar-refractivity contribution is 5.67. The first-order chi connectivity index (χ1) is 15.2. The number of benzene rings is 2. The smallest absolute Gasteiger partial charge is 0.159 e. The van der Waals surface area contributed by atoms with Crippen molar-refractivity contribution < 1.29 is 0 Å². The summed E-state index contributed by atoms with van der Waals surface area (Å²) in [5.74, 6) is 1.64. The highest BCUT2D eigenvalue weighted by atomic mass is 14.9. The Bertz CT molecular complexity index is 880. The van der Waals surface area contributed by atoms with Crippen LogP contribution in [0.3, 0.4) is 0 Å².